The van der Waals surface area contributed by atoms with E-state index in [0.29, 0.717) is 18.0 Å². The van der Waals surface area contributed by atoms with Gasteiger partial charge in [-0.1, -0.05) is 0 Å². The standard InChI is InChI=1S/C16H14FN3O.C6H3N3O7/c1-10-9-21-13-3-2-4-14-18-16(19-20(14)15(10)13)11-5-7-12(17)8-6-11;10-6-4(8(13)14)1-3(7(11)12)2-5(6)9(15)16/h5-9H,2-4H2,1H3;1-2,10H. The fourth-order valence-electron chi connectivity index (χ4n) is 3.74. The van der Waals surface area contributed by atoms with Gasteiger partial charge < -0.3 is 9.52 Å². The van der Waals surface area contributed by atoms with Crippen LogP contribution in [0.4, 0.5) is 21.5 Å². The van der Waals surface area contributed by atoms with Gasteiger partial charge in [0.2, 0.25) is 0 Å². The topological polar surface area (TPSA) is 193 Å². The minimum absolute atomic E-state index is 0.257. The van der Waals surface area contributed by atoms with Gasteiger partial charge >= 0.3 is 11.4 Å². The molecule has 0 unspecified atom stereocenters. The number of hydrogen-bond acceptors (Lipinski definition) is 10. The Bertz CT molecular complexity index is 1490. The number of aromatic nitrogens is 3. The number of rotatable bonds is 4. The van der Waals surface area contributed by atoms with Gasteiger partial charge in [-0.2, -0.15) is 0 Å². The number of nitro benzene ring substituents is 3. The molecule has 4 aromatic rings. The Morgan fingerprint density at radius 2 is 1.62 bits per heavy atom. The maximum Gasteiger partial charge on any atom is 0.324 e. The predicted octanol–water partition coefficient (Wildman–Crippen LogP) is 4.58. The van der Waals surface area contributed by atoms with Gasteiger partial charge in [0.25, 0.3) is 11.4 Å². The van der Waals surface area contributed by atoms with Crippen molar-refractivity contribution in [3.63, 3.8) is 0 Å². The van der Waals surface area contributed by atoms with Crippen LogP contribution in [0.2, 0.25) is 0 Å². The highest BCUT2D eigenvalue weighted by Crippen LogP contribution is 2.39. The summed E-state index contributed by atoms with van der Waals surface area (Å²) in [6, 6.07) is 7.15. The van der Waals surface area contributed by atoms with Crippen LogP contribution in [0.15, 0.2) is 47.1 Å². The van der Waals surface area contributed by atoms with E-state index in [0.717, 1.165) is 47.7 Å². The van der Waals surface area contributed by atoms with Crippen molar-refractivity contribution in [3.05, 3.63) is 96.0 Å². The van der Waals surface area contributed by atoms with Crippen LogP contribution in [0.25, 0.3) is 17.1 Å². The number of benzene rings is 2. The minimum atomic E-state index is -1.21. The van der Waals surface area contributed by atoms with Crippen molar-refractivity contribution in [2.24, 2.45) is 0 Å². The summed E-state index contributed by atoms with van der Waals surface area (Å²) in [5.74, 6) is 1.05. The molecule has 2 aromatic heterocycles. The molecular weight excluding hydrogens is 495 g/mol. The number of non-ortho nitro benzene ring substituents is 1. The number of nitrogens with zero attached hydrogens (tertiary/aromatic N) is 6. The molecule has 1 aliphatic rings. The molecule has 5 rings (SSSR count). The second kappa shape index (κ2) is 9.80. The summed E-state index contributed by atoms with van der Waals surface area (Å²) in [5, 5.41) is 44.8. The Kier molecular flexibility index (Phi) is 6.60. The number of phenolic OH excluding ortho intramolecular Hbond substituents is 1. The van der Waals surface area contributed by atoms with E-state index in [1.54, 1.807) is 18.4 Å². The first-order valence-electron chi connectivity index (χ1n) is 10.7. The lowest BCUT2D eigenvalue weighted by Crippen LogP contribution is -2.02. The normalized spacial score (nSPS) is 11.9. The molecule has 15 heteroatoms. The number of aryl methyl sites for hydroxylation is 3. The van der Waals surface area contributed by atoms with Gasteiger partial charge in [-0.15, -0.1) is 5.10 Å². The van der Waals surface area contributed by atoms with Crippen LogP contribution in [0.5, 0.6) is 5.75 Å². The molecular formula is C22H17FN6O8. The molecule has 0 radical (unpaired) electrons. The SMILES string of the molecule is Cc1coc2c1-n1nc(-c3ccc(F)cc3)nc1CCC2.O=[N+]([O-])c1cc([N+](=O)[O-])c(O)c([N+](=O)[O-])c1. The van der Waals surface area contributed by atoms with Crippen LogP contribution in [-0.4, -0.2) is 34.6 Å². The molecule has 0 fully saturated rings. The Labute approximate surface area is 206 Å². The van der Waals surface area contributed by atoms with Gasteiger partial charge in [0, 0.05) is 24.0 Å². The van der Waals surface area contributed by atoms with Gasteiger partial charge in [-0.3, -0.25) is 30.3 Å². The fraction of sp³-hybridized carbons (Fsp3) is 0.182. The van der Waals surface area contributed by atoms with Crippen molar-refractivity contribution in [3.8, 4) is 22.8 Å². The van der Waals surface area contributed by atoms with E-state index in [2.05, 4.69) is 10.1 Å². The van der Waals surface area contributed by atoms with Crippen LogP contribution >= 0.6 is 0 Å². The molecule has 0 aliphatic carbocycles. The monoisotopic (exact) mass is 512 g/mol. The molecule has 0 saturated heterocycles. The van der Waals surface area contributed by atoms with Crippen molar-refractivity contribution in [1.82, 2.24) is 14.8 Å². The summed E-state index contributed by atoms with van der Waals surface area (Å²) in [4.78, 5) is 32.4. The number of hydrogen-bond donors (Lipinski definition) is 1. The van der Waals surface area contributed by atoms with Crippen LogP contribution in [0.3, 0.4) is 0 Å². The lowest BCUT2D eigenvalue weighted by Gasteiger charge is -2.01. The summed E-state index contributed by atoms with van der Waals surface area (Å²) in [5.41, 5.74) is -0.121. The first kappa shape index (κ1) is 24.9. The molecule has 0 bridgehead atoms. The first-order chi connectivity index (χ1) is 17.6. The highest BCUT2D eigenvalue weighted by atomic mass is 19.1. The smallest absolute Gasteiger partial charge is 0.324 e. The molecule has 2 aromatic carbocycles. The van der Waals surface area contributed by atoms with Crippen molar-refractivity contribution in [2.75, 3.05) is 0 Å². The third-order valence-electron chi connectivity index (χ3n) is 5.47. The van der Waals surface area contributed by atoms with E-state index < -0.39 is 37.6 Å². The van der Waals surface area contributed by atoms with Gasteiger partial charge in [-0.05, 0) is 37.6 Å². The lowest BCUT2D eigenvalue weighted by molar-refractivity contribution is -0.404. The van der Waals surface area contributed by atoms with Crippen molar-refractivity contribution >= 4 is 17.1 Å². The fourth-order valence-corrected chi connectivity index (χ4v) is 3.74. The molecule has 14 nitrogen and oxygen atoms in total. The maximum absolute atomic E-state index is 13.0. The summed E-state index contributed by atoms with van der Waals surface area (Å²) in [6.07, 6.45) is 4.51. The number of fused-ring (bicyclic) bond motifs is 3. The predicted molar refractivity (Wildman–Crippen MR) is 124 cm³/mol. The van der Waals surface area contributed by atoms with E-state index in [1.807, 2.05) is 11.6 Å². The quantitative estimate of drug-likeness (QED) is 0.299. The van der Waals surface area contributed by atoms with E-state index in [9.17, 15) is 34.7 Å². The molecule has 0 spiro atoms. The molecule has 0 atom stereocenters. The third-order valence-corrected chi connectivity index (χ3v) is 5.47. The van der Waals surface area contributed by atoms with E-state index in [1.165, 1.54) is 12.1 Å². The molecule has 37 heavy (non-hydrogen) atoms. The van der Waals surface area contributed by atoms with E-state index in [4.69, 9.17) is 9.52 Å². The Morgan fingerprint density at radius 3 is 2.19 bits per heavy atom. The second-order valence-electron chi connectivity index (χ2n) is 7.92. The number of aromatic hydroxyl groups is 1. The van der Waals surface area contributed by atoms with E-state index >= 15 is 0 Å². The highest BCUT2D eigenvalue weighted by molar-refractivity contribution is 5.64. The molecule has 3 heterocycles. The second-order valence-corrected chi connectivity index (χ2v) is 7.92. The van der Waals surface area contributed by atoms with Crippen LogP contribution in [0.1, 0.15) is 23.6 Å². The molecule has 190 valence electrons. The summed E-state index contributed by atoms with van der Waals surface area (Å²) in [7, 11) is 0. The number of halogens is 1. The Hall–Kier alpha value is -5.21. The van der Waals surface area contributed by atoms with Gasteiger partial charge in [0.05, 0.1) is 33.2 Å². The summed E-state index contributed by atoms with van der Waals surface area (Å²) >= 11 is 0. The zero-order valence-corrected chi connectivity index (χ0v) is 19.0. The van der Waals surface area contributed by atoms with Crippen LogP contribution < -0.4 is 0 Å². The zero-order chi connectivity index (χ0) is 26.9. The molecule has 1 N–H and O–H groups in total. The Balaban J connectivity index is 0.000000181. The van der Waals surface area contributed by atoms with Crippen molar-refractivity contribution in [1.29, 1.82) is 0 Å². The molecule has 1 aliphatic heterocycles. The molecule has 0 saturated carbocycles. The lowest BCUT2D eigenvalue weighted by atomic mass is 10.2. The van der Waals surface area contributed by atoms with Gasteiger partial charge in [0.15, 0.2) is 5.82 Å². The number of phenols is 1. The largest absolute Gasteiger partial charge is 0.497 e. The van der Waals surface area contributed by atoms with Crippen molar-refractivity contribution < 1.29 is 28.7 Å². The molecule has 0 amide bonds. The average Bonchev–Trinajstić information content (AvgIpc) is 3.37. The summed E-state index contributed by atoms with van der Waals surface area (Å²) in [6.45, 7) is 2.01. The van der Waals surface area contributed by atoms with Crippen LogP contribution in [-0.2, 0) is 12.8 Å². The van der Waals surface area contributed by atoms with Crippen molar-refractivity contribution in [2.45, 2.75) is 26.2 Å². The minimum Gasteiger partial charge on any atom is -0.497 e. The number of nitro groups is 3. The van der Waals surface area contributed by atoms with E-state index in [-0.39, 0.29) is 5.82 Å². The zero-order valence-electron chi connectivity index (χ0n) is 19.0. The van der Waals surface area contributed by atoms with Crippen LogP contribution in [0, 0.1) is 43.1 Å². The number of furan rings is 1. The average molecular weight is 512 g/mol. The highest BCUT2D eigenvalue weighted by Gasteiger charge is 2.30. The third kappa shape index (κ3) is 4.95. The summed E-state index contributed by atoms with van der Waals surface area (Å²) < 4.78 is 20.5. The maximum atomic E-state index is 13.0. The Morgan fingerprint density at radius 1 is 1.00 bits per heavy atom. The van der Waals surface area contributed by atoms with Gasteiger partial charge in [0.1, 0.15) is 23.1 Å². The first-order valence-corrected chi connectivity index (χ1v) is 10.7. The van der Waals surface area contributed by atoms with Gasteiger partial charge in [-0.25, -0.2) is 14.1 Å².